The Morgan fingerprint density at radius 1 is 1.13 bits per heavy atom. The first-order valence-electron chi connectivity index (χ1n) is 7.68. The Bertz CT molecular complexity index is 800. The van der Waals surface area contributed by atoms with Crippen molar-refractivity contribution in [1.29, 1.82) is 0 Å². The zero-order valence-electron chi connectivity index (χ0n) is 12.5. The van der Waals surface area contributed by atoms with Crippen molar-refractivity contribution in [3.05, 3.63) is 48.5 Å². The molecule has 5 nitrogen and oxygen atoms in total. The Morgan fingerprint density at radius 3 is 2.70 bits per heavy atom. The lowest BCUT2D eigenvalue weighted by molar-refractivity contribution is -0.124. The highest BCUT2D eigenvalue weighted by Crippen LogP contribution is 2.25. The highest BCUT2D eigenvalue weighted by Gasteiger charge is 2.23. The van der Waals surface area contributed by atoms with Gasteiger partial charge in [0.15, 0.2) is 5.58 Å². The van der Waals surface area contributed by atoms with Crippen LogP contribution in [0.25, 0.3) is 22.6 Å². The van der Waals surface area contributed by atoms with Crippen molar-refractivity contribution in [2.45, 2.75) is 18.9 Å². The maximum Gasteiger partial charge on any atom is 0.253 e. The van der Waals surface area contributed by atoms with E-state index in [2.05, 4.69) is 10.3 Å². The van der Waals surface area contributed by atoms with Gasteiger partial charge in [0.2, 0.25) is 5.89 Å². The average molecular weight is 308 g/mol. The Balaban J connectivity index is 1.52. The van der Waals surface area contributed by atoms with Gasteiger partial charge in [0.05, 0.1) is 0 Å². The second kappa shape index (κ2) is 5.85. The summed E-state index contributed by atoms with van der Waals surface area (Å²) in [4.78, 5) is 16.5. The fraction of sp³-hybridized carbons (Fsp3) is 0.222. The van der Waals surface area contributed by atoms with Gasteiger partial charge in [0.25, 0.3) is 5.91 Å². The normalized spacial score (nSPS) is 17.5. The SMILES string of the molecule is O=C(Nc1ccc(-c2nc3ccccc3o2)cc1)[C@H]1CCCO1. The van der Waals surface area contributed by atoms with E-state index in [0.29, 0.717) is 12.5 Å². The van der Waals surface area contributed by atoms with Crippen molar-refractivity contribution in [3.8, 4) is 11.5 Å². The number of rotatable bonds is 3. The van der Waals surface area contributed by atoms with Crippen LogP contribution in [0.2, 0.25) is 0 Å². The summed E-state index contributed by atoms with van der Waals surface area (Å²) in [6.45, 7) is 0.661. The maximum atomic E-state index is 12.0. The lowest BCUT2D eigenvalue weighted by Crippen LogP contribution is -2.26. The Morgan fingerprint density at radius 2 is 1.96 bits per heavy atom. The molecule has 0 saturated carbocycles. The Labute approximate surface area is 133 Å². The highest BCUT2D eigenvalue weighted by atomic mass is 16.5. The predicted octanol–water partition coefficient (Wildman–Crippen LogP) is 3.61. The molecule has 2 aromatic carbocycles. The molecule has 3 aromatic rings. The number of benzene rings is 2. The molecule has 0 radical (unpaired) electrons. The summed E-state index contributed by atoms with van der Waals surface area (Å²) in [6.07, 6.45) is 1.40. The standard InChI is InChI=1S/C18H16N2O3/c21-17(16-6-3-11-22-16)19-13-9-7-12(8-10-13)18-20-14-4-1-2-5-15(14)23-18/h1-2,4-5,7-10,16H,3,6,11H2,(H,19,21)/t16-/m1/s1. The van der Waals surface area contributed by atoms with E-state index in [-0.39, 0.29) is 12.0 Å². The number of nitrogens with one attached hydrogen (secondary N) is 1. The molecule has 1 atom stereocenters. The van der Waals surface area contributed by atoms with E-state index in [1.54, 1.807) is 0 Å². The van der Waals surface area contributed by atoms with E-state index in [1.807, 2.05) is 48.5 Å². The van der Waals surface area contributed by atoms with E-state index in [0.717, 1.165) is 35.2 Å². The van der Waals surface area contributed by atoms with Crippen LogP contribution >= 0.6 is 0 Å². The van der Waals surface area contributed by atoms with Gasteiger partial charge in [-0.1, -0.05) is 12.1 Å². The number of hydrogen-bond donors (Lipinski definition) is 1. The zero-order chi connectivity index (χ0) is 15.6. The maximum absolute atomic E-state index is 12.0. The minimum absolute atomic E-state index is 0.0860. The van der Waals surface area contributed by atoms with Gasteiger partial charge in [0, 0.05) is 17.9 Å². The molecule has 1 aromatic heterocycles. The molecule has 0 spiro atoms. The molecule has 1 saturated heterocycles. The van der Waals surface area contributed by atoms with E-state index in [1.165, 1.54) is 0 Å². The minimum atomic E-state index is -0.327. The number of carbonyl (C=O) groups excluding carboxylic acids is 1. The van der Waals surface area contributed by atoms with E-state index in [4.69, 9.17) is 9.15 Å². The van der Waals surface area contributed by atoms with E-state index in [9.17, 15) is 4.79 Å². The second-order valence-electron chi connectivity index (χ2n) is 5.56. The van der Waals surface area contributed by atoms with Gasteiger partial charge >= 0.3 is 0 Å². The van der Waals surface area contributed by atoms with E-state index >= 15 is 0 Å². The molecule has 4 rings (SSSR count). The molecule has 116 valence electrons. The van der Waals surface area contributed by atoms with Crippen LogP contribution in [0.4, 0.5) is 5.69 Å². The number of para-hydroxylation sites is 2. The van der Waals surface area contributed by atoms with Gasteiger partial charge in [-0.15, -0.1) is 0 Å². The predicted molar refractivity (Wildman–Crippen MR) is 87.0 cm³/mol. The van der Waals surface area contributed by atoms with Gasteiger partial charge in [-0.25, -0.2) is 4.98 Å². The second-order valence-corrected chi connectivity index (χ2v) is 5.56. The number of amides is 1. The highest BCUT2D eigenvalue weighted by molar-refractivity contribution is 5.94. The third kappa shape index (κ3) is 2.83. The number of carbonyl (C=O) groups is 1. The zero-order valence-corrected chi connectivity index (χ0v) is 12.5. The monoisotopic (exact) mass is 308 g/mol. The number of aromatic nitrogens is 1. The van der Waals surface area contributed by atoms with E-state index < -0.39 is 0 Å². The van der Waals surface area contributed by atoms with Crippen LogP contribution < -0.4 is 5.32 Å². The molecule has 0 unspecified atom stereocenters. The first-order chi connectivity index (χ1) is 11.3. The van der Waals surface area contributed by atoms with Crippen LogP contribution in [0.15, 0.2) is 52.9 Å². The quantitative estimate of drug-likeness (QED) is 0.802. The summed E-state index contributed by atoms with van der Waals surface area (Å²) in [7, 11) is 0. The van der Waals surface area contributed by atoms with Crippen molar-refractivity contribution in [2.75, 3.05) is 11.9 Å². The number of oxazole rings is 1. The fourth-order valence-electron chi connectivity index (χ4n) is 2.70. The third-order valence-corrected chi connectivity index (χ3v) is 3.92. The molecule has 23 heavy (non-hydrogen) atoms. The smallest absolute Gasteiger partial charge is 0.253 e. The number of nitrogens with zero attached hydrogens (tertiary/aromatic N) is 1. The van der Waals surface area contributed by atoms with Crippen LogP contribution in [-0.4, -0.2) is 23.6 Å². The van der Waals surface area contributed by atoms with Crippen molar-refractivity contribution in [2.24, 2.45) is 0 Å². The van der Waals surface area contributed by atoms with Gasteiger partial charge in [0.1, 0.15) is 11.6 Å². The number of fused-ring (bicyclic) bond motifs is 1. The van der Waals surface area contributed by atoms with Gasteiger partial charge in [-0.3, -0.25) is 4.79 Å². The Hall–Kier alpha value is -2.66. The van der Waals surface area contributed by atoms with Gasteiger partial charge in [-0.05, 0) is 49.2 Å². The molecule has 1 fully saturated rings. The summed E-state index contributed by atoms with van der Waals surface area (Å²) in [5.41, 5.74) is 3.21. The summed E-state index contributed by atoms with van der Waals surface area (Å²) in [5, 5.41) is 2.87. The third-order valence-electron chi connectivity index (χ3n) is 3.92. The van der Waals surface area contributed by atoms with Crippen LogP contribution in [0.3, 0.4) is 0 Å². The first-order valence-corrected chi connectivity index (χ1v) is 7.68. The molecule has 0 aliphatic carbocycles. The van der Waals surface area contributed by atoms with Crippen LogP contribution in [0, 0.1) is 0 Å². The summed E-state index contributed by atoms with van der Waals surface area (Å²) < 4.78 is 11.1. The summed E-state index contributed by atoms with van der Waals surface area (Å²) >= 11 is 0. The molecule has 1 amide bonds. The van der Waals surface area contributed by atoms with Crippen molar-refractivity contribution < 1.29 is 13.9 Å². The topological polar surface area (TPSA) is 64.4 Å². The molecule has 0 bridgehead atoms. The average Bonchev–Trinajstić information content (AvgIpc) is 3.25. The summed E-state index contributed by atoms with van der Waals surface area (Å²) in [6, 6.07) is 15.1. The lowest BCUT2D eigenvalue weighted by Gasteiger charge is -2.10. The Kier molecular flexibility index (Phi) is 3.55. The molecular formula is C18H16N2O3. The molecular weight excluding hydrogens is 292 g/mol. The molecule has 2 heterocycles. The largest absolute Gasteiger partial charge is 0.436 e. The van der Waals surface area contributed by atoms with Crippen molar-refractivity contribution in [3.63, 3.8) is 0 Å². The molecule has 1 aliphatic rings. The van der Waals surface area contributed by atoms with Gasteiger partial charge < -0.3 is 14.5 Å². The van der Waals surface area contributed by atoms with Crippen LogP contribution in [-0.2, 0) is 9.53 Å². The van der Waals surface area contributed by atoms with Gasteiger partial charge in [-0.2, -0.15) is 0 Å². The van der Waals surface area contributed by atoms with Crippen molar-refractivity contribution >= 4 is 22.7 Å². The first kappa shape index (κ1) is 14.0. The molecule has 1 aliphatic heterocycles. The lowest BCUT2D eigenvalue weighted by atomic mass is 10.2. The van der Waals surface area contributed by atoms with Crippen molar-refractivity contribution in [1.82, 2.24) is 4.98 Å². The number of anilines is 1. The van der Waals surface area contributed by atoms with Crippen LogP contribution in [0.5, 0.6) is 0 Å². The van der Waals surface area contributed by atoms with Crippen LogP contribution in [0.1, 0.15) is 12.8 Å². The molecule has 1 N–H and O–H groups in total. The summed E-state index contributed by atoms with van der Waals surface area (Å²) in [5.74, 6) is 0.486. The number of ether oxygens (including phenoxy) is 1. The minimum Gasteiger partial charge on any atom is -0.436 e. The number of hydrogen-bond acceptors (Lipinski definition) is 4. The fourth-order valence-corrected chi connectivity index (χ4v) is 2.70. The molecule has 5 heteroatoms.